The van der Waals surface area contributed by atoms with E-state index in [2.05, 4.69) is 4.98 Å². The van der Waals surface area contributed by atoms with Crippen molar-refractivity contribution in [1.29, 1.82) is 0 Å². The molecule has 4 nitrogen and oxygen atoms in total. The van der Waals surface area contributed by atoms with Crippen LogP contribution in [0, 0.1) is 6.92 Å². The topological polar surface area (TPSA) is 51.6 Å². The van der Waals surface area contributed by atoms with E-state index in [1.807, 2.05) is 0 Å². The van der Waals surface area contributed by atoms with Gasteiger partial charge in [-0.1, -0.05) is 11.6 Å². The molecular formula is C12H12ClNO3. The molecule has 0 unspecified atom stereocenters. The molecule has 17 heavy (non-hydrogen) atoms. The molecule has 0 saturated carbocycles. The van der Waals surface area contributed by atoms with Crippen LogP contribution in [0.25, 0.3) is 10.8 Å². The third-order valence-corrected chi connectivity index (χ3v) is 2.99. The lowest BCUT2D eigenvalue weighted by Crippen LogP contribution is -1.93. The zero-order chi connectivity index (χ0) is 12.6. The average molecular weight is 254 g/mol. The van der Waals surface area contributed by atoms with E-state index in [0.29, 0.717) is 22.6 Å². The molecule has 0 bridgehead atoms. The Kier molecular flexibility index (Phi) is 2.98. The van der Waals surface area contributed by atoms with Gasteiger partial charge in [-0.3, -0.25) is 0 Å². The van der Waals surface area contributed by atoms with Gasteiger partial charge in [0.25, 0.3) is 0 Å². The Labute approximate surface area is 104 Å². The molecule has 1 aromatic heterocycles. The Morgan fingerprint density at radius 3 is 2.18 bits per heavy atom. The number of benzene rings is 1. The summed E-state index contributed by atoms with van der Waals surface area (Å²) < 4.78 is 10.4. The van der Waals surface area contributed by atoms with Crippen LogP contribution in [-0.4, -0.2) is 24.3 Å². The van der Waals surface area contributed by atoms with E-state index >= 15 is 0 Å². The van der Waals surface area contributed by atoms with Gasteiger partial charge in [-0.15, -0.1) is 0 Å². The molecule has 2 rings (SSSR count). The fraction of sp³-hybridized carbons (Fsp3) is 0.250. The van der Waals surface area contributed by atoms with E-state index in [-0.39, 0.29) is 10.9 Å². The molecule has 1 heterocycles. The van der Waals surface area contributed by atoms with Gasteiger partial charge in [-0.2, -0.15) is 0 Å². The number of hydrogen-bond acceptors (Lipinski definition) is 4. The Hall–Kier alpha value is -1.68. The summed E-state index contributed by atoms with van der Waals surface area (Å²) >= 11 is 6.01. The van der Waals surface area contributed by atoms with Crippen LogP contribution in [-0.2, 0) is 0 Å². The van der Waals surface area contributed by atoms with Crippen LogP contribution in [0.1, 0.15) is 5.69 Å². The maximum atomic E-state index is 9.57. The first-order chi connectivity index (χ1) is 8.08. The first kappa shape index (κ1) is 11.8. The lowest BCUT2D eigenvalue weighted by molar-refractivity contribution is 0.356. The molecule has 0 amide bonds. The summed E-state index contributed by atoms with van der Waals surface area (Å²) in [5.41, 5.74) is 0.683. The summed E-state index contributed by atoms with van der Waals surface area (Å²) in [5, 5.41) is 11.3. The van der Waals surface area contributed by atoms with Crippen LogP contribution in [0.3, 0.4) is 0 Å². The molecule has 0 aliphatic carbocycles. The smallest absolute Gasteiger partial charge is 0.230 e. The summed E-state index contributed by atoms with van der Waals surface area (Å²) in [7, 11) is 3.11. The molecular weight excluding hydrogens is 242 g/mol. The van der Waals surface area contributed by atoms with Crippen LogP contribution < -0.4 is 9.47 Å². The number of fused-ring (bicyclic) bond motifs is 1. The van der Waals surface area contributed by atoms with Crippen molar-refractivity contribution in [3.05, 3.63) is 22.8 Å². The van der Waals surface area contributed by atoms with E-state index in [1.54, 1.807) is 33.3 Å². The minimum absolute atomic E-state index is 0.177. The van der Waals surface area contributed by atoms with Crippen LogP contribution in [0.2, 0.25) is 5.02 Å². The molecule has 0 aliphatic heterocycles. The monoisotopic (exact) mass is 253 g/mol. The predicted octanol–water partition coefficient (Wildman–Crippen LogP) is 2.92. The van der Waals surface area contributed by atoms with Gasteiger partial charge in [0.05, 0.1) is 14.2 Å². The van der Waals surface area contributed by atoms with Gasteiger partial charge in [0, 0.05) is 16.5 Å². The number of hydrogen-bond donors (Lipinski definition) is 1. The molecule has 0 saturated heterocycles. The van der Waals surface area contributed by atoms with E-state index in [4.69, 9.17) is 21.1 Å². The van der Waals surface area contributed by atoms with Crippen molar-refractivity contribution in [3.8, 4) is 17.4 Å². The summed E-state index contributed by atoms with van der Waals surface area (Å²) in [6.45, 7) is 1.80. The van der Waals surface area contributed by atoms with Crippen molar-refractivity contribution < 1.29 is 14.6 Å². The van der Waals surface area contributed by atoms with Crippen molar-refractivity contribution in [3.63, 3.8) is 0 Å². The SMILES string of the molecule is COc1cc2c(C)nc(O)c(Cl)c2cc1OC. The van der Waals surface area contributed by atoms with Gasteiger partial charge in [-0.25, -0.2) is 4.98 Å². The average Bonchev–Trinajstić information content (AvgIpc) is 2.34. The maximum absolute atomic E-state index is 9.57. The minimum Gasteiger partial charge on any atom is -0.493 e. The third-order valence-electron chi connectivity index (χ3n) is 2.62. The highest BCUT2D eigenvalue weighted by molar-refractivity contribution is 6.36. The Morgan fingerprint density at radius 1 is 1.12 bits per heavy atom. The molecule has 1 N–H and O–H groups in total. The first-order valence-electron chi connectivity index (χ1n) is 4.99. The predicted molar refractivity (Wildman–Crippen MR) is 66.3 cm³/mol. The number of aromatic nitrogens is 1. The number of aryl methyl sites for hydroxylation is 1. The Bertz CT molecular complexity index is 584. The first-order valence-corrected chi connectivity index (χ1v) is 5.37. The molecule has 5 heteroatoms. The number of pyridine rings is 1. The fourth-order valence-corrected chi connectivity index (χ4v) is 1.95. The molecule has 90 valence electrons. The fourth-order valence-electron chi connectivity index (χ4n) is 1.75. The van der Waals surface area contributed by atoms with Gasteiger partial charge in [0.15, 0.2) is 11.5 Å². The van der Waals surface area contributed by atoms with E-state index < -0.39 is 0 Å². The quantitative estimate of drug-likeness (QED) is 0.894. The van der Waals surface area contributed by atoms with E-state index in [1.165, 1.54) is 0 Å². The number of halogens is 1. The van der Waals surface area contributed by atoms with Crippen LogP contribution in [0.15, 0.2) is 12.1 Å². The second-order valence-corrected chi connectivity index (χ2v) is 3.97. The molecule has 0 aliphatic rings. The standard InChI is InChI=1S/C12H12ClNO3/c1-6-7-4-9(16-2)10(17-3)5-8(7)11(13)12(15)14-6/h4-5H,1-3H3,(H,14,15). The van der Waals surface area contributed by atoms with Gasteiger partial charge in [-0.05, 0) is 19.1 Å². The molecule has 0 fully saturated rings. The second kappa shape index (κ2) is 4.30. The zero-order valence-corrected chi connectivity index (χ0v) is 10.5. The molecule has 1 aromatic carbocycles. The summed E-state index contributed by atoms with van der Waals surface area (Å²) in [4.78, 5) is 3.96. The van der Waals surface area contributed by atoms with Gasteiger partial charge in [0.2, 0.25) is 5.88 Å². The van der Waals surface area contributed by atoms with Gasteiger partial charge >= 0.3 is 0 Å². The maximum Gasteiger partial charge on any atom is 0.230 e. The summed E-state index contributed by atoms with van der Waals surface area (Å²) in [6.07, 6.45) is 0. The highest BCUT2D eigenvalue weighted by Gasteiger charge is 2.13. The van der Waals surface area contributed by atoms with Gasteiger partial charge in [0.1, 0.15) is 5.02 Å². The minimum atomic E-state index is -0.177. The largest absolute Gasteiger partial charge is 0.493 e. The number of ether oxygens (including phenoxy) is 2. The molecule has 0 radical (unpaired) electrons. The second-order valence-electron chi connectivity index (χ2n) is 3.59. The number of aromatic hydroxyl groups is 1. The molecule has 2 aromatic rings. The van der Waals surface area contributed by atoms with Crippen LogP contribution in [0.4, 0.5) is 0 Å². The van der Waals surface area contributed by atoms with Crippen molar-refractivity contribution in [2.75, 3.05) is 14.2 Å². The van der Waals surface area contributed by atoms with Gasteiger partial charge < -0.3 is 14.6 Å². The lowest BCUT2D eigenvalue weighted by Gasteiger charge is -2.11. The van der Waals surface area contributed by atoms with E-state index in [9.17, 15) is 5.11 Å². The van der Waals surface area contributed by atoms with Crippen LogP contribution >= 0.6 is 11.6 Å². The number of methoxy groups -OCH3 is 2. The van der Waals surface area contributed by atoms with Crippen LogP contribution in [0.5, 0.6) is 17.4 Å². The molecule has 0 spiro atoms. The normalized spacial score (nSPS) is 10.6. The molecule has 0 atom stereocenters. The Balaban J connectivity index is 2.87. The number of nitrogens with zero attached hydrogens (tertiary/aromatic N) is 1. The highest BCUT2D eigenvalue weighted by atomic mass is 35.5. The summed E-state index contributed by atoms with van der Waals surface area (Å²) in [6, 6.07) is 3.52. The lowest BCUT2D eigenvalue weighted by atomic mass is 10.1. The van der Waals surface area contributed by atoms with Crippen molar-refractivity contribution >= 4 is 22.4 Å². The van der Waals surface area contributed by atoms with E-state index in [0.717, 1.165) is 5.39 Å². The number of rotatable bonds is 2. The zero-order valence-electron chi connectivity index (χ0n) is 9.74. The van der Waals surface area contributed by atoms with Crippen molar-refractivity contribution in [2.45, 2.75) is 6.92 Å². The summed E-state index contributed by atoms with van der Waals surface area (Å²) in [5.74, 6) is 0.988. The third kappa shape index (κ3) is 1.85. The Morgan fingerprint density at radius 2 is 1.65 bits per heavy atom. The van der Waals surface area contributed by atoms with Crippen molar-refractivity contribution in [1.82, 2.24) is 4.98 Å². The highest BCUT2D eigenvalue weighted by Crippen LogP contribution is 2.38. The van der Waals surface area contributed by atoms with Crippen molar-refractivity contribution in [2.24, 2.45) is 0 Å².